The van der Waals surface area contributed by atoms with E-state index in [-0.39, 0.29) is 11.7 Å². The smallest absolute Gasteiger partial charge is 0.408 e. The molecule has 8 heteroatoms. The maximum atomic E-state index is 13.6. The second-order valence-corrected chi connectivity index (χ2v) is 10.2. The topological polar surface area (TPSA) is 87.7 Å². The molecule has 35 heavy (non-hydrogen) atoms. The first-order chi connectivity index (χ1) is 16.2. The summed E-state index contributed by atoms with van der Waals surface area (Å²) in [4.78, 5) is 40.8. The number of aryl methyl sites for hydroxylation is 4. The number of hydrogen-bond donors (Lipinski definition) is 3. The lowest BCUT2D eigenvalue weighted by Crippen LogP contribution is -2.52. The quantitative estimate of drug-likeness (QED) is 0.474. The van der Waals surface area contributed by atoms with Crippen molar-refractivity contribution in [3.05, 3.63) is 64.2 Å². The summed E-state index contributed by atoms with van der Waals surface area (Å²) in [6.45, 7) is 13.0. The van der Waals surface area contributed by atoms with Gasteiger partial charge in [-0.25, -0.2) is 4.79 Å². The van der Waals surface area contributed by atoms with E-state index in [1.54, 1.807) is 27.8 Å². The Kier molecular flexibility index (Phi) is 9.38. The number of carbonyl (C=O) groups excluding carboxylic acids is 3. The molecule has 0 aliphatic rings. The van der Waals surface area contributed by atoms with Crippen LogP contribution in [-0.2, 0) is 14.3 Å². The summed E-state index contributed by atoms with van der Waals surface area (Å²) >= 11 is 4.26. The van der Waals surface area contributed by atoms with Gasteiger partial charge in [-0.1, -0.05) is 36.4 Å². The number of amides is 3. The Morgan fingerprint density at radius 1 is 0.971 bits per heavy atom. The van der Waals surface area contributed by atoms with Crippen LogP contribution in [-0.4, -0.2) is 47.3 Å². The molecule has 0 aromatic heterocycles. The Morgan fingerprint density at radius 2 is 1.57 bits per heavy atom. The molecule has 0 fully saturated rings. The monoisotopic (exact) mass is 499 g/mol. The highest BCUT2D eigenvalue weighted by Gasteiger charge is 2.34. The van der Waals surface area contributed by atoms with Crippen molar-refractivity contribution in [3.63, 3.8) is 0 Å². The van der Waals surface area contributed by atoms with Crippen molar-refractivity contribution in [3.8, 4) is 0 Å². The highest BCUT2D eigenvalue weighted by Crippen LogP contribution is 2.27. The molecule has 2 atom stereocenters. The van der Waals surface area contributed by atoms with Crippen LogP contribution < -0.4 is 10.6 Å². The summed E-state index contributed by atoms with van der Waals surface area (Å²) in [5.41, 5.74) is 4.60. The molecule has 0 bridgehead atoms. The number of benzene rings is 2. The summed E-state index contributed by atoms with van der Waals surface area (Å²) < 4.78 is 5.29. The molecule has 0 saturated carbocycles. The Morgan fingerprint density at radius 3 is 2.09 bits per heavy atom. The summed E-state index contributed by atoms with van der Waals surface area (Å²) in [7, 11) is 1.56. The standard InChI is InChI=1S/C27H37N3O4S/c1-16-12-13-20(14-19(16)4)23(24(31)29-22-17(2)10-9-11-18(22)3)30(8)25(32)21(15-35)28-26(33)34-27(5,6)7/h9-14,21,23,35H,15H2,1-8H3,(H,28,33)(H,29,31). The van der Waals surface area contributed by atoms with Crippen molar-refractivity contribution >= 4 is 36.2 Å². The van der Waals surface area contributed by atoms with Gasteiger partial charge in [0, 0.05) is 18.5 Å². The highest BCUT2D eigenvalue weighted by atomic mass is 32.1. The first-order valence-corrected chi connectivity index (χ1v) is 12.2. The predicted octanol–water partition coefficient (Wildman–Crippen LogP) is 4.88. The fourth-order valence-corrected chi connectivity index (χ4v) is 3.94. The summed E-state index contributed by atoms with van der Waals surface area (Å²) in [6.07, 6.45) is -0.721. The molecule has 7 nitrogen and oxygen atoms in total. The fourth-order valence-electron chi connectivity index (χ4n) is 3.70. The number of anilines is 1. The number of ether oxygens (including phenoxy) is 1. The molecule has 190 valence electrons. The SMILES string of the molecule is Cc1ccc(C(C(=O)Nc2c(C)cccc2C)N(C)C(=O)C(CS)NC(=O)OC(C)(C)C)cc1C. The first kappa shape index (κ1) is 28.2. The van der Waals surface area contributed by atoms with Crippen LogP contribution in [0.25, 0.3) is 0 Å². The van der Waals surface area contributed by atoms with E-state index in [0.29, 0.717) is 11.3 Å². The third kappa shape index (κ3) is 7.49. The number of hydrogen-bond acceptors (Lipinski definition) is 5. The Bertz CT molecular complexity index is 1070. The van der Waals surface area contributed by atoms with E-state index in [1.807, 2.05) is 64.1 Å². The molecule has 0 aliphatic carbocycles. The van der Waals surface area contributed by atoms with E-state index in [1.165, 1.54) is 4.90 Å². The second kappa shape index (κ2) is 11.6. The number of carbonyl (C=O) groups is 3. The molecular weight excluding hydrogens is 462 g/mol. The lowest BCUT2D eigenvalue weighted by atomic mass is 9.98. The van der Waals surface area contributed by atoms with E-state index >= 15 is 0 Å². The van der Waals surface area contributed by atoms with Gasteiger partial charge < -0.3 is 20.3 Å². The van der Waals surface area contributed by atoms with Crippen LogP contribution >= 0.6 is 12.6 Å². The van der Waals surface area contributed by atoms with E-state index in [0.717, 1.165) is 22.3 Å². The second-order valence-electron chi connectivity index (χ2n) is 9.83. The Labute approximate surface area is 214 Å². The lowest BCUT2D eigenvalue weighted by molar-refractivity contribution is -0.138. The highest BCUT2D eigenvalue weighted by molar-refractivity contribution is 7.80. The average Bonchev–Trinajstić information content (AvgIpc) is 2.75. The van der Waals surface area contributed by atoms with Crippen LogP contribution in [0.1, 0.15) is 54.6 Å². The molecule has 0 spiro atoms. The van der Waals surface area contributed by atoms with Gasteiger partial charge in [0.25, 0.3) is 5.91 Å². The predicted molar refractivity (Wildman–Crippen MR) is 143 cm³/mol. The van der Waals surface area contributed by atoms with E-state index < -0.39 is 29.7 Å². The van der Waals surface area contributed by atoms with Crippen molar-refractivity contribution in [2.24, 2.45) is 0 Å². The van der Waals surface area contributed by atoms with Crippen molar-refractivity contribution in [2.75, 3.05) is 18.1 Å². The van der Waals surface area contributed by atoms with Gasteiger partial charge in [0.1, 0.15) is 17.7 Å². The number of likely N-dealkylation sites (N-methyl/N-ethyl adjacent to an activating group) is 1. The van der Waals surface area contributed by atoms with Gasteiger partial charge in [-0.05, 0) is 76.3 Å². The van der Waals surface area contributed by atoms with Gasteiger partial charge in [0.15, 0.2) is 0 Å². The normalized spacial score (nSPS) is 12.9. The van der Waals surface area contributed by atoms with Crippen LogP contribution in [0.5, 0.6) is 0 Å². The number of nitrogens with one attached hydrogen (secondary N) is 2. The van der Waals surface area contributed by atoms with Crippen LogP contribution in [0.2, 0.25) is 0 Å². The zero-order chi connectivity index (χ0) is 26.5. The summed E-state index contributed by atoms with van der Waals surface area (Å²) in [5.74, 6) is -0.761. The molecule has 0 radical (unpaired) electrons. The first-order valence-electron chi connectivity index (χ1n) is 11.6. The lowest BCUT2D eigenvalue weighted by Gasteiger charge is -2.31. The molecular formula is C27H37N3O4S. The summed E-state index contributed by atoms with van der Waals surface area (Å²) in [5, 5.41) is 5.59. The van der Waals surface area contributed by atoms with Crippen molar-refractivity contribution < 1.29 is 19.1 Å². The molecule has 2 aromatic carbocycles. The molecule has 0 aliphatic heterocycles. The minimum absolute atomic E-state index is 0.0422. The van der Waals surface area contributed by atoms with Crippen LogP contribution in [0.4, 0.5) is 10.5 Å². The number of alkyl carbamates (subject to hydrolysis) is 1. The number of para-hydroxylation sites is 1. The summed E-state index contributed by atoms with van der Waals surface area (Å²) in [6, 6.07) is 9.55. The Hall–Kier alpha value is -3.00. The number of nitrogens with zero attached hydrogens (tertiary/aromatic N) is 1. The minimum atomic E-state index is -0.972. The molecule has 0 saturated heterocycles. The maximum Gasteiger partial charge on any atom is 0.408 e. The third-order valence-electron chi connectivity index (χ3n) is 5.73. The van der Waals surface area contributed by atoms with Gasteiger partial charge in [0.2, 0.25) is 5.91 Å². The zero-order valence-corrected chi connectivity index (χ0v) is 22.7. The molecule has 3 amide bonds. The largest absolute Gasteiger partial charge is 0.444 e. The van der Waals surface area contributed by atoms with Gasteiger partial charge in [0.05, 0.1) is 0 Å². The molecule has 2 N–H and O–H groups in total. The number of rotatable bonds is 7. The molecule has 0 heterocycles. The zero-order valence-electron chi connectivity index (χ0n) is 21.9. The van der Waals surface area contributed by atoms with Crippen LogP contribution in [0.3, 0.4) is 0 Å². The van der Waals surface area contributed by atoms with Gasteiger partial charge in [-0.15, -0.1) is 0 Å². The minimum Gasteiger partial charge on any atom is -0.444 e. The maximum absolute atomic E-state index is 13.6. The fraction of sp³-hybridized carbons (Fsp3) is 0.444. The van der Waals surface area contributed by atoms with E-state index in [4.69, 9.17) is 4.74 Å². The van der Waals surface area contributed by atoms with Crippen molar-refractivity contribution in [1.82, 2.24) is 10.2 Å². The molecule has 2 aromatic rings. The van der Waals surface area contributed by atoms with Crippen LogP contribution in [0, 0.1) is 27.7 Å². The van der Waals surface area contributed by atoms with E-state index in [9.17, 15) is 14.4 Å². The van der Waals surface area contributed by atoms with Gasteiger partial charge in [-0.3, -0.25) is 9.59 Å². The molecule has 2 unspecified atom stereocenters. The van der Waals surface area contributed by atoms with Gasteiger partial charge >= 0.3 is 6.09 Å². The third-order valence-corrected chi connectivity index (χ3v) is 6.10. The van der Waals surface area contributed by atoms with Gasteiger partial charge in [-0.2, -0.15) is 12.6 Å². The molecule has 2 rings (SSSR count). The van der Waals surface area contributed by atoms with Crippen LogP contribution in [0.15, 0.2) is 36.4 Å². The van der Waals surface area contributed by atoms with E-state index in [2.05, 4.69) is 23.3 Å². The Balaban J connectivity index is 2.41. The average molecular weight is 500 g/mol. The van der Waals surface area contributed by atoms with Crippen molar-refractivity contribution in [1.29, 1.82) is 0 Å². The number of thiol groups is 1. The van der Waals surface area contributed by atoms with Crippen molar-refractivity contribution in [2.45, 2.75) is 66.2 Å².